The summed E-state index contributed by atoms with van der Waals surface area (Å²) < 4.78 is 7.39. The highest BCUT2D eigenvalue weighted by atomic mass is 16.6. The number of hydrogen-bond donors (Lipinski definition) is 0. The SMILES string of the molecule is CC1=NN(c2ccc(-n3cnnn3)cc2)C(=O)/C1=C\c1ccc(-c2cc(C)c(C)cc2[N+](=O)[O-])o1. The summed E-state index contributed by atoms with van der Waals surface area (Å²) in [5.74, 6) is 0.427. The quantitative estimate of drug-likeness (QED) is 0.242. The lowest BCUT2D eigenvalue weighted by atomic mass is 10.0. The monoisotopic (exact) mass is 469 g/mol. The topological polar surface area (TPSA) is 133 Å². The number of aromatic nitrogens is 4. The van der Waals surface area contributed by atoms with E-state index in [1.807, 2.05) is 13.8 Å². The second-order valence-corrected chi connectivity index (χ2v) is 8.04. The number of tetrazole rings is 1. The minimum Gasteiger partial charge on any atom is -0.456 e. The van der Waals surface area contributed by atoms with Crippen LogP contribution in [0, 0.1) is 24.0 Å². The van der Waals surface area contributed by atoms with Crippen molar-refractivity contribution in [3.63, 3.8) is 0 Å². The summed E-state index contributed by atoms with van der Waals surface area (Å²) in [6, 6.07) is 13.7. The molecule has 5 rings (SSSR count). The summed E-state index contributed by atoms with van der Waals surface area (Å²) in [6.07, 6.45) is 3.07. The fourth-order valence-electron chi connectivity index (χ4n) is 3.75. The number of rotatable bonds is 5. The van der Waals surface area contributed by atoms with Crippen LogP contribution in [0.5, 0.6) is 0 Å². The maximum Gasteiger partial charge on any atom is 0.280 e. The van der Waals surface area contributed by atoms with E-state index in [-0.39, 0.29) is 11.6 Å². The summed E-state index contributed by atoms with van der Waals surface area (Å²) in [5, 5.41) is 28.3. The summed E-state index contributed by atoms with van der Waals surface area (Å²) in [6.45, 7) is 5.44. The molecule has 174 valence electrons. The van der Waals surface area contributed by atoms with Gasteiger partial charge < -0.3 is 4.42 Å². The fraction of sp³-hybridized carbons (Fsp3) is 0.125. The van der Waals surface area contributed by atoms with Gasteiger partial charge in [-0.05, 0) is 90.9 Å². The van der Waals surface area contributed by atoms with Crippen LogP contribution in [0.4, 0.5) is 11.4 Å². The summed E-state index contributed by atoms with van der Waals surface area (Å²) in [5.41, 5.74) is 4.30. The first-order chi connectivity index (χ1) is 16.8. The van der Waals surface area contributed by atoms with Crippen LogP contribution in [-0.4, -0.2) is 36.7 Å². The van der Waals surface area contributed by atoms with Gasteiger partial charge >= 0.3 is 0 Å². The van der Waals surface area contributed by atoms with E-state index in [1.54, 1.807) is 55.5 Å². The Morgan fingerprint density at radius 2 is 1.71 bits per heavy atom. The zero-order valence-electron chi connectivity index (χ0n) is 19.0. The van der Waals surface area contributed by atoms with Crippen molar-refractivity contribution in [2.24, 2.45) is 5.10 Å². The third-order valence-corrected chi connectivity index (χ3v) is 5.76. The molecule has 11 nitrogen and oxygen atoms in total. The van der Waals surface area contributed by atoms with E-state index >= 15 is 0 Å². The lowest BCUT2D eigenvalue weighted by molar-refractivity contribution is -0.384. The number of nitro groups is 1. The number of nitrogens with zero attached hydrogens (tertiary/aromatic N) is 7. The van der Waals surface area contributed by atoms with Crippen LogP contribution >= 0.6 is 0 Å². The molecule has 0 N–H and O–H groups in total. The van der Waals surface area contributed by atoms with Crippen LogP contribution in [0.15, 0.2) is 69.9 Å². The highest BCUT2D eigenvalue weighted by Crippen LogP contribution is 2.34. The first-order valence-corrected chi connectivity index (χ1v) is 10.6. The van der Waals surface area contributed by atoms with Crippen molar-refractivity contribution in [3.8, 4) is 17.0 Å². The van der Waals surface area contributed by atoms with Gasteiger partial charge in [-0.25, -0.2) is 4.68 Å². The van der Waals surface area contributed by atoms with Crippen LogP contribution < -0.4 is 5.01 Å². The zero-order chi connectivity index (χ0) is 24.7. The van der Waals surface area contributed by atoms with E-state index in [0.29, 0.717) is 34.1 Å². The average molecular weight is 469 g/mol. The van der Waals surface area contributed by atoms with Gasteiger partial charge in [0.15, 0.2) is 0 Å². The number of nitro benzene ring substituents is 1. The number of carbonyl (C=O) groups is 1. The molecule has 0 saturated heterocycles. The molecule has 0 aliphatic carbocycles. The van der Waals surface area contributed by atoms with Crippen LogP contribution in [0.2, 0.25) is 0 Å². The van der Waals surface area contributed by atoms with E-state index in [0.717, 1.165) is 16.8 Å². The minimum atomic E-state index is -0.428. The largest absolute Gasteiger partial charge is 0.456 e. The molecule has 4 aromatic rings. The molecule has 0 radical (unpaired) electrons. The van der Waals surface area contributed by atoms with Gasteiger partial charge in [-0.1, -0.05) is 0 Å². The number of hydrogen-bond acceptors (Lipinski definition) is 8. The smallest absolute Gasteiger partial charge is 0.280 e. The van der Waals surface area contributed by atoms with Crippen molar-refractivity contribution < 1.29 is 14.1 Å². The van der Waals surface area contributed by atoms with Crippen LogP contribution in [0.25, 0.3) is 23.1 Å². The summed E-state index contributed by atoms with van der Waals surface area (Å²) in [7, 11) is 0. The van der Waals surface area contributed by atoms with Crippen LogP contribution in [0.3, 0.4) is 0 Å². The molecule has 2 aromatic heterocycles. The Labute approximate surface area is 199 Å². The van der Waals surface area contributed by atoms with Crippen LogP contribution in [0.1, 0.15) is 23.8 Å². The highest BCUT2D eigenvalue weighted by Gasteiger charge is 2.29. The summed E-state index contributed by atoms with van der Waals surface area (Å²) >= 11 is 0. The van der Waals surface area contributed by atoms with Crippen molar-refractivity contribution in [2.75, 3.05) is 5.01 Å². The molecule has 0 saturated carbocycles. The molecular formula is C24H19N7O4. The van der Waals surface area contributed by atoms with Gasteiger partial charge in [0, 0.05) is 6.07 Å². The third kappa shape index (κ3) is 3.99. The lowest BCUT2D eigenvalue weighted by Crippen LogP contribution is -2.21. The van der Waals surface area contributed by atoms with Crippen LogP contribution in [-0.2, 0) is 4.79 Å². The number of anilines is 1. The molecule has 2 aromatic carbocycles. The van der Waals surface area contributed by atoms with E-state index in [2.05, 4.69) is 20.6 Å². The van der Waals surface area contributed by atoms with Gasteiger partial charge in [0.2, 0.25) is 0 Å². The van der Waals surface area contributed by atoms with Gasteiger partial charge in [0.05, 0.1) is 33.1 Å². The minimum absolute atomic E-state index is 0.0346. The molecular weight excluding hydrogens is 450 g/mol. The van der Waals surface area contributed by atoms with E-state index < -0.39 is 4.92 Å². The Hall–Kier alpha value is -4.93. The maximum absolute atomic E-state index is 13.1. The Kier molecular flexibility index (Phi) is 5.28. The molecule has 1 aliphatic rings. The number of amides is 1. The molecule has 11 heteroatoms. The predicted octanol–water partition coefficient (Wildman–Crippen LogP) is 4.25. The van der Waals surface area contributed by atoms with Gasteiger partial charge in [0.1, 0.15) is 17.8 Å². The molecule has 1 amide bonds. The Morgan fingerprint density at radius 3 is 2.40 bits per heavy atom. The van der Waals surface area contributed by atoms with Crippen molar-refractivity contribution >= 4 is 29.1 Å². The average Bonchev–Trinajstić information content (AvgIpc) is 3.59. The number of hydrazone groups is 1. The van der Waals surface area contributed by atoms with Crippen molar-refractivity contribution in [1.82, 2.24) is 20.2 Å². The predicted molar refractivity (Wildman–Crippen MR) is 128 cm³/mol. The lowest BCUT2D eigenvalue weighted by Gasteiger charge is -2.12. The zero-order valence-corrected chi connectivity index (χ0v) is 19.0. The van der Waals surface area contributed by atoms with E-state index in [4.69, 9.17) is 4.42 Å². The normalized spacial score (nSPS) is 14.6. The Morgan fingerprint density at radius 1 is 1.00 bits per heavy atom. The second-order valence-electron chi connectivity index (χ2n) is 8.04. The Bertz CT molecular complexity index is 1520. The molecule has 0 unspecified atom stereocenters. The molecule has 0 spiro atoms. The second kappa shape index (κ2) is 8.45. The molecule has 0 fully saturated rings. The van der Waals surface area contributed by atoms with E-state index in [1.165, 1.54) is 22.1 Å². The first-order valence-electron chi connectivity index (χ1n) is 10.6. The third-order valence-electron chi connectivity index (χ3n) is 5.76. The van der Waals surface area contributed by atoms with Gasteiger partial charge in [-0.15, -0.1) is 5.10 Å². The fourth-order valence-corrected chi connectivity index (χ4v) is 3.75. The number of furan rings is 1. The van der Waals surface area contributed by atoms with Gasteiger partial charge in [-0.3, -0.25) is 14.9 Å². The summed E-state index contributed by atoms with van der Waals surface area (Å²) in [4.78, 5) is 24.2. The number of benzene rings is 2. The molecule has 3 heterocycles. The Balaban J connectivity index is 1.42. The molecule has 0 bridgehead atoms. The first kappa shape index (κ1) is 21.9. The number of carbonyl (C=O) groups excluding carboxylic acids is 1. The van der Waals surface area contributed by atoms with Gasteiger partial charge in [0.25, 0.3) is 11.6 Å². The van der Waals surface area contributed by atoms with Crippen molar-refractivity contribution in [1.29, 1.82) is 0 Å². The molecule has 1 aliphatic heterocycles. The molecule has 35 heavy (non-hydrogen) atoms. The number of aryl methyl sites for hydroxylation is 2. The maximum atomic E-state index is 13.1. The van der Waals surface area contributed by atoms with Crippen molar-refractivity contribution in [2.45, 2.75) is 20.8 Å². The standard InChI is InChI=1S/C24H19N7O4/c1-14-10-21(22(31(33)34)11-15(14)2)23-9-8-19(35-23)12-20-16(3)26-30(24(20)32)18-6-4-17(5-7-18)29-13-25-27-28-29/h4-13H,1-3H3/b20-12-. The highest BCUT2D eigenvalue weighted by molar-refractivity contribution is 6.32. The van der Waals surface area contributed by atoms with Gasteiger partial charge in [-0.2, -0.15) is 10.1 Å². The van der Waals surface area contributed by atoms with E-state index in [9.17, 15) is 14.9 Å². The molecule has 0 atom stereocenters. The van der Waals surface area contributed by atoms with Crippen molar-refractivity contribution in [3.05, 3.63) is 87.4 Å².